The summed E-state index contributed by atoms with van der Waals surface area (Å²) in [5.41, 5.74) is -2.45. The molecule has 5 aliphatic rings. The number of rotatable bonds is 7. The largest absolute Gasteiger partial charge is 0.458 e. The van der Waals surface area contributed by atoms with Gasteiger partial charge in [0.2, 0.25) is 10.0 Å². The van der Waals surface area contributed by atoms with Crippen molar-refractivity contribution in [1.82, 2.24) is 4.72 Å². The fraction of sp³-hybridized carbons (Fsp3) is 0.517. The van der Waals surface area contributed by atoms with Crippen molar-refractivity contribution in [3.8, 4) is 0 Å². The number of halogens is 3. The molecule has 7 rings (SSSR count). The molecule has 10 heteroatoms. The maximum atomic E-state index is 14.0. The zero-order valence-electron chi connectivity index (χ0n) is 21.3. The molecule has 0 aromatic heterocycles. The molecule has 2 aromatic rings. The van der Waals surface area contributed by atoms with Crippen molar-refractivity contribution >= 4 is 21.8 Å². The van der Waals surface area contributed by atoms with Crippen LogP contribution in [0.4, 0.5) is 13.2 Å². The summed E-state index contributed by atoms with van der Waals surface area (Å²) in [5.74, 6) is 0.453. The zero-order valence-corrected chi connectivity index (χ0v) is 22.1. The van der Waals surface area contributed by atoms with Gasteiger partial charge in [-0.25, -0.2) is 13.1 Å². The van der Waals surface area contributed by atoms with Crippen molar-refractivity contribution in [3.05, 3.63) is 65.2 Å². The summed E-state index contributed by atoms with van der Waals surface area (Å²) in [6.07, 6.45) is 0.757. The minimum atomic E-state index is -4.86. The van der Waals surface area contributed by atoms with Crippen LogP contribution in [0.5, 0.6) is 0 Å². The lowest BCUT2D eigenvalue weighted by molar-refractivity contribution is -0.194. The molecule has 0 radical (unpaired) electrons. The lowest BCUT2D eigenvalue weighted by Crippen LogP contribution is -2.55. The van der Waals surface area contributed by atoms with E-state index >= 15 is 0 Å². The Kier molecular flexibility index (Phi) is 6.22. The first-order chi connectivity index (χ1) is 18.4. The summed E-state index contributed by atoms with van der Waals surface area (Å²) in [6.45, 7) is -0.399. The Labute approximate surface area is 225 Å². The molecule has 0 heterocycles. The summed E-state index contributed by atoms with van der Waals surface area (Å²) < 4.78 is 74.8. The van der Waals surface area contributed by atoms with Crippen molar-refractivity contribution in [2.24, 2.45) is 23.2 Å². The highest BCUT2D eigenvalue weighted by Gasteiger charge is 2.58. The van der Waals surface area contributed by atoms with Crippen molar-refractivity contribution in [3.63, 3.8) is 0 Å². The molecule has 6 nitrogen and oxygen atoms in total. The number of carbonyl (C=O) groups is 2. The van der Waals surface area contributed by atoms with E-state index in [1.807, 2.05) is 0 Å². The van der Waals surface area contributed by atoms with Crippen LogP contribution in [0.2, 0.25) is 0 Å². The lowest BCUT2D eigenvalue weighted by atomic mass is 9.54. The third-order valence-corrected chi connectivity index (χ3v) is 10.7. The van der Waals surface area contributed by atoms with Crippen LogP contribution in [-0.2, 0) is 32.2 Å². The van der Waals surface area contributed by atoms with Crippen molar-refractivity contribution < 1.29 is 35.9 Å². The number of esters is 1. The van der Waals surface area contributed by atoms with Crippen LogP contribution in [0, 0.1) is 23.2 Å². The van der Waals surface area contributed by atoms with Gasteiger partial charge in [-0.15, -0.1) is 0 Å². The molecule has 0 saturated heterocycles. The first-order valence-corrected chi connectivity index (χ1v) is 14.9. The lowest BCUT2D eigenvalue weighted by Gasteiger charge is -2.56. The highest BCUT2D eigenvalue weighted by Crippen LogP contribution is 2.58. The SMILES string of the molecule is O=C(OC12CC3CC(CC(C3)C1)C2)[C@]1(CCNS(=O)(=O)c2ccccc2C(F)(F)F)Cc2ccccc2C1=O. The quantitative estimate of drug-likeness (QED) is 0.366. The normalized spacial score (nSPS) is 31.4. The number of ketones is 1. The zero-order chi connectivity index (χ0) is 27.6. The maximum absolute atomic E-state index is 14.0. The average Bonchev–Trinajstić information content (AvgIpc) is 3.15. The summed E-state index contributed by atoms with van der Waals surface area (Å²) in [7, 11) is -4.58. The number of ether oxygens (including phenoxy) is 1. The van der Waals surface area contributed by atoms with Crippen LogP contribution in [-0.4, -0.2) is 32.3 Å². The first-order valence-electron chi connectivity index (χ1n) is 13.4. The molecule has 0 amide bonds. The fourth-order valence-electron chi connectivity index (χ4n) is 7.89. The number of carbonyl (C=O) groups excluding carboxylic acids is 2. The minimum Gasteiger partial charge on any atom is -0.458 e. The number of nitrogens with one attached hydrogen (secondary N) is 1. The third-order valence-electron chi connectivity index (χ3n) is 9.20. The van der Waals surface area contributed by atoms with Crippen molar-refractivity contribution in [2.45, 2.75) is 68.0 Å². The molecule has 0 spiro atoms. The van der Waals surface area contributed by atoms with Gasteiger partial charge in [0.1, 0.15) is 11.0 Å². The Hall–Kier alpha value is -2.72. The molecular weight excluding hydrogens is 531 g/mol. The number of hydrogen-bond acceptors (Lipinski definition) is 5. The van der Waals surface area contributed by atoms with Crippen LogP contribution in [0.1, 0.15) is 66.4 Å². The summed E-state index contributed by atoms with van der Waals surface area (Å²) in [4.78, 5) is 26.8. The van der Waals surface area contributed by atoms with Crippen LogP contribution in [0.25, 0.3) is 0 Å². The van der Waals surface area contributed by atoms with Gasteiger partial charge in [-0.1, -0.05) is 36.4 Å². The predicted molar refractivity (Wildman–Crippen MR) is 135 cm³/mol. The average molecular weight is 562 g/mol. The molecule has 4 bridgehead atoms. The molecule has 2 aromatic carbocycles. The number of fused-ring (bicyclic) bond motifs is 1. The van der Waals surface area contributed by atoms with E-state index < -0.39 is 56.0 Å². The standard InChI is InChI=1S/C29H30F3NO5S/c30-29(31,32)23-7-3-4-8-24(23)39(36,37)33-10-9-28(17-21-5-1-2-6-22(21)25(28)34)26(35)38-27-14-18-11-19(15-27)13-20(12-18)16-27/h1-8,18-20,33H,9-17H2/t18?,19?,20?,27?,28-/m1/s1. The van der Waals surface area contributed by atoms with Crippen LogP contribution in [0.15, 0.2) is 53.4 Å². The molecule has 0 unspecified atom stereocenters. The van der Waals surface area contributed by atoms with Crippen LogP contribution >= 0.6 is 0 Å². The minimum absolute atomic E-state index is 0.0636. The van der Waals surface area contributed by atoms with E-state index in [1.54, 1.807) is 24.3 Å². The second-order valence-corrected chi connectivity index (χ2v) is 13.6. The first kappa shape index (κ1) is 26.5. The van der Waals surface area contributed by atoms with Crippen LogP contribution in [0.3, 0.4) is 0 Å². The Morgan fingerprint density at radius 3 is 2.15 bits per heavy atom. The van der Waals surface area contributed by atoms with E-state index in [0.717, 1.165) is 50.7 Å². The van der Waals surface area contributed by atoms with E-state index in [2.05, 4.69) is 4.72 Å². The van der Waals surface area contributed by atoms with Gasteiger partial charge in [0.15, 0.2) is 5.78 Å². The molecule has 4 saturated carbocycles. The molecule has 1 atom stereocenters. The van der Waals surface area contributed by atoms with Gasteiger partial charge in [0.25, 0.3) is 0 Å². The monoisotopic (exact) mass is 561 g/mol. The molecule has 208 valence electrons. The van der Waals surface area contributed by atoms with Gasteiger partial charge >= 0.3 is 12.1 Å². The van der Waals surface area contributed by atoms with Gasteiger partial charge in [0.05, 0.1) is 10.5 Å². The third kappa shape index (κ3) is 4.59. The van der Waals surface area contributed by atoms with Gasteiger partial charge in [-0.05, 0) is 86.8 Å². The highest BCUT2D eigenvalue weighted by molar-refractivity contribution is 7.89. The maximum Gasteiger partial charge on any atom is 0.417 e. The summed E-state index contributed by atoms with van der Waals surface area (Å²) in [6, 6.07) is 10.8. The predicted octanol–water partition coefficient (Wildman–Crippen LogP) is 5.31. The highest BCUT2D eigenvalue weighted by atomic mass is 32.2. The van der Waals surface area contributed by atoms with E-state index in [4.69, 9.17) is 4.74 Å². The Morgan fingerprint density at radius 2 is 1.54 bits per heavy atom. The van der Waals surface area contributed by atoms with Gasteiger partial charge in [-0.2, -0.15) is 13.2 Å². The second-order valence-electron chi connectivity index (χ2n) is 11.9. The Bertz CT molecular complexity index is 1400. The van der Waals surface area contributed by atoms with E-state index in [1.165, 1.54) is 6.07 Å². The van der Waals surface area contributed by atoms with Gasteiger partial charge < -0.3 is 4.74 Å². The topological polar surface area (TPSA) is 89.5 Å². The molecular formula is C29H30F3NO5S. The van der Waals surface area contributed by atoms with Gasteiger partial charge in [0, 0.05) is 12.1 Å². The van der Waals surface area contributed by atoms with E-state index in [-0.39, 0.29) is 12.8 Å². The van der Waals surface area contributed by atoms with Crippen molar-refractivity contribution in [1.29, 1.82) is 0 Å². The number of alkyl halides is 3. The van der Waals surface area contributed by atoms with Crippen molar-refractivity contribution in [2.75, 3.05) is 6.54 Å². The Morgan fingerprint density at radius 1 is 0.949 bits per heavy atom. The number of benzene rings is 2. The number of Topliss-reactive ketones (excluding diaryl/α,β-unsaturated/α-hetero) is 1. The number of hydrogen-bond donors (Lipinski definition) is 1. The smallest absolute Gasteiger partial charge is 0.417 e. The summed E-state index contributed by atoms with van der Waals surface area (Å²) in [5, 5.41) is 0. The Balaban J connectivity index is 1.26. The summed E-state index contributed by atoms with van der Waals surface area (Å²) >= 11 is 0. The molecule has 1 N–H and O–H groups in total. The van der Waals surface area contributed by atoms with E-state index in [0.29, 0.717) is 34.9 Å². The molecule has 39 heavy (non-hydrogen) atoms. The second kappa shape index (κ2) is 9.16. The van der Waals surface area contributed by atoms with Gasteiger partial charge in [-0.3, -0.25) is 9.59 Å². The molecule has 4 fully saturated rings. The molecule has 0 aliphatic heterocycles. The van der Waals surface area contributed by atoms with Crippen LogP contribution < -0.4 is 4.72 Å². The molecule has 5 aliphatic carbocycles. The van der Waals surface area contributed by atoms with E-state index in [9.17, 15) is 31.2 Å². The fourth-order valence-corrected chi connectivity index (χ4v) is 9.15. The number of sulfonamides is 1.